The van der Waals surface area contributed by atoms with Crippen molar-refractivity contribution in [2.75, 3.05) is 5.32 Å². The molecule has 22 heavy (non-hydrogen) atoms. The molecular formula is C16H19N3O3. The molecule has 0 aliphatic rings. The van der Waals surface area contributed by atoms with Crippen LogP contribution in [-0.2, 0) is 11.3 Å². The Bertz CT molecular complexity index is 660. The lowest BCUT2D eigenvalue weighted by atomic mass is 10.0. The molecule has 1 heterocycles. The average molecular weight is 301 g/mol. The summed E-state index contributed by atoms with van der Waals surface area (Å²) in [5.41, 5.74) is 2.17. The van der Waals surface area contributed by atoms with Crippen LogP contribution >= 0.6 is 0 Å². The van der Waals surface area contributed by atoms with Gasteiger partial charge in [0.25, 0.3) is 5.91 Å². The molecule has 0 unspecified atom stereocenters. The number of carbonyl (C=O) groups excluding carboxylic acids is 1. The molecule has 0 radical (unpaired) electrons. The van der Waals surface area contributed by atoms with Gasteiger partial charge < -0.3 is 10.4 Å². The Morgan fingerprint density at radius 1 is 1.23 bits per heavy atom. The highest BCUT2D eigenvalue weighted by molar-refractivity contribution is 6.02. The van der Waals surface area contributed by atoms with E-state index in [9.17, 15) is 9.59 Å². The van der Waals surface area contributed by atoms with Crippen molar-refractivity contribution in [2.24, 2.45) is 0 Å². The van der Waals surface area contributed by atoms with Crippen molar-refractivity contribution < 1.29 is 14.7 Å². The lowest BCUT2D eigenvalue weighted by Crippen LogP contribution is -2.14. The highest BCUT2D eigenvalue weighted by atomic mass is 16.4. The van der Waals surface area contributed by atoms with Crippen molar-refractivity contribution in [3.8, 4) is 0 Å². The van der Waals surface area contributed by atoms with Gasteiger partial charge in [-0.3, -0.25) is 14.3 Å². The van der Waals surface area contributed by atoms with Gasteiger partial charge in [-0.2, -0.15) is 5.10 Å². The van der Waals surface area contributed by atoms with Gasteiger partial charge >= 0.3 is 5.97 Å². The summed E-state index contributed by atoms with van der Waals surface area (Å²) >= 11 is 0. The first-order valence-corrected chi connectivity index (χ1v) is 7.12. The fraction of sp³-hybridized carbons (Fsp3) is 0.312. The average Bonchev–Trinajstić information content (AvgIpc) is 2.94. The molecule has 1 aromatic carbocycles. The molecule has 1 amide bonds. The van der Waals surface area contributed by atoms with E-state index in [0.29, 0.717) is 11.6 Å². The monoisotopic (exact) mass is 301 g/mol. The second kappa shape index (κ2) is 6.89. The number of carboxylic acid groups (broad SMARTS) is 1. The maximum Gasteiger partial charge on any atom is 0.305 e. The molecule has 0 aliphatic carbocycles. The number of hydrogen-bond acceptors (Lipinski definition) is 3. The van der Waals surface area contributed by atoms with Crippen molar-refractivity contribution in [1.29, 1.82) is 0 Å². The molecular weight excluding hydrogens is 282 g/mol. The van der Waals surface area contributed by atoms with Gasteiger partial charge in [-0.25, -0.2) is 0 Å². The molecule has 0 aliphatic heterocycles. The van der Waals surface area contributed by atoms with E-state index in [1.807, 2.05) is 24.3 Å². The number of aromatic nitrogens is 2. The molecule has 0 saturated carbocycles. The number of rotatable bonds is 6. The molecule has 0 atom stereocenters. The zero-order valence-corrected chi connectivity index (χ0v) is 12.6. The molecule has 6 heteroatoms. The first kappa shape index (κ1) is 15.8. The van der Waals surface area contributed by atoms with Crippen LogP contribution in [0.4, 0.5) is 5.69 Å². The van der Waals surface area contributed by atoms with E-state index in [2.05, 4.69) is 24.3 Å². The van der Waals surface area contributed by atoms with Crippen LogP contribution in [0.1, 0.15) is 42.2 Å². The summed E-state index contributed by atoms with van der Waals surface area (Å²) in [5.74, 6) is -0.771. The topological polar surface area (TPSA) is 84.2 Å². The Balaban J connectivity index is 1.98. The molecule has 0 saturated heterocycles. The maximum atomic E-state index is 12.1. The molecule has 2 rings (SSSR count). The number of aliphatic carboxylic acids is 1. The first-order chi connectivity index (χ1) is 10.5. The standard InChI is InChI=1S/C16H19N3O3/c1-11(2)12-3-5-13(6-4-12)17-16(22)14-7-9-19(18-14)10-8-15(20)21/h3-7,9,11H,8,10H2,1-2H3,(H,17,22)(H,20,21). The zero-order valence-electron chi connectivity index (χ0n) is 12.6. The third-order valence-electron chi connectivity index (χ3n) is 3.26. The van der Waals surface area contributed by atoms with E-state index in [1.165, 1.54) is 10.2 Å². The number of benzene rings is 1. The van der Waals surface area contributed by atoms with Gasteiger partial charge in [-0.1, -0.05) is 26.0 Å². The van der Waals surface area contributed by atoms with Crippen LogP contribution in [0.5, 0.6) is 0 Å². The Labute approximate surface area is 128 Å². The van der Waals surface area contributed by atoms with Crippen LogP contribution in [0.15, 0.2) is 36.5 Å². The van der Waals surface area contributed by atoms with Crippen molar-refractivity contribution in [3.63, 3.8) is 0 Å². The fourth-order valence-electron chi connectivity index (χ4n) is 1.96. The predicted octanol–water partition coefficient (Wildman–Crippen LogP) is 2.73. The van der Waals surface area contributed by atoms with E-state index in [4.69, 9.17) is 5.11 Å². The number of hydrogen-bond donors (Lipinski definition) is 2. The largest absolute Gasteiger partial charge is 0.481 e. The molecule has 6 nitrogen and oxygen atoms in total. The van der Waals surface area contributed by atoms with Crippen molar-refractivity contribution in [3.05, 3.63) is 47.8 Å². The van der Waals surface area contributed by atoms with Gasteiger partial charge in [-0.15, -0.1) is 0 Å². The normalized spacial score (nSPS) is 10.7. The molecule has 1 aromatic heterocycles. The molecule has 2 N–H and O–H groups in total. The maximum absolute atomic E-state index is 12.1. The number of carboxylic acids is 1. The lowest BCUT2D eigenvalue weighted by molar-refractivity contribution is -0.137. The minimum absolute atomic E-state index is 0.0284. The third kappa shape index (κ3) is 4.18. The number of nitrogens with one attached hydrogen (secondary N) is 1. The van der Waals surface area contributed by atoms with Gasteiger partial charge in [-0.05, 0) is 29.7 Å². The van der Waals surface area contributed by atoms with Crippen LogP contribution in [0, 0.1) is 0 Å². The summed E-state index contributed by atoms with van der Waals surface area (Å²) in [6.07, 6.45) is 1.57. The van der Waals surface area contributed by atoms with Crippen molar-refractivity contribution in [1.82, 2.24) is 9.78 Å². The van der Waals surface area contributed by atoms with Crippen molar-refractivity contribution >= 4 is 17.6 Å². The number of amides is 1. The SMILES string of the molecule is CC(C)c1ccc(NC(=O)c2ccn(CCC(=O)O)n2)cc1. The Kier molecular flexibility index (Phi) is 4.93. The van der Waals surface area contributed by atoms with E-state index in [1.54, 1.807) is 12.3 Å². The number of anilines is 1. The highest BCUT2D eigenvalue weighted by Crippen LogP contribution is 2.17. The van der Waals surface area contributed by atoms with Crippen molar-refractivity contribution in [2.45, 2.75) is 32.7 Å². The molecule has 0 spiro atoms. The van der Waals surface area contributed by atoms with Crippen LogP contribution < -0.4 is 5.32 Å². The number of carbonyl (C=O) groups is 2. The van der Waals surface area contributed by atoms with Crippen LogP contribution in [0.2, 0.25) is 0 Å². The Morgan fingerprint density at radius 2 is 1.91 bits per heavy atom. The van der Waals surface area contributed by atoms with E-state index < -0.39 is 5.97 Å². The Morgan fingerprint density at radius 3 is 2.50 bits per heavy atom. The van der Waals surface area contributed by atoms with E-state index in [0.717, 1.165) is 0 Å². The summed E-state index contributed by atoms with van der Waals surface area (Å²) < 4.78 is 1.45. The highest BCUT2D eigenvalue weighted by Gasteiger charge is 2.10. The van der Waals surface area contributed by atoms with Gasteiger partial charge in [0.05, 0.1) is 13.0 Å². The second-order valence-electron chi connectivity index (χ2n) is 5.34. The lowest BCUT2D eigenvalue weighted by Gasteiger charge is -2.07. The summed E-state index contributed by atoms with van der Waals surface area (Å²) in [4.78, 5) is 22.6. The van der Waals surface area contributed by atoms with Gasteiger partial charge in [0.2, 0.25) is 0 Å². The van der Waals surface area contributed by atoms with Gasteiger partial charge in [0.15, 0.2) is 5.69 Å². The molecule has 116 valence electrons. The summed E-state index contributed by atoms with van der Waals surface area (Å²) in [6.45, 7) is 4.46. The smallest absolute Gasteiger partial charge is 0.305 e. The summed E-state index contributed by atoms with van der Waals surface area (Å²) in [6, 6.07) is 9.24. The van der Waals surface area contributed by atoms with Crippen LogP contribution in [0.25, 0.3) is 0 Å². The summed E-state index contributed by atoms with van der Waals surface area (Å²) in [7, 11) is 0. The van der Waals surface area contributed by atoms with E-state index >= 15 is 0 Å². The zero-order chi connectivity index (χ0) is 16.1. The first-order valence-electron chi connectivity index (χ1n) is 7.12. The molecule has 0 bridgehead atoms. The minimum Gasteiger partial charge on any atom is -0.481 e. The van der Waals surface area contributed by atoms with Crippen LogP contribution in [-0.4, -0.2) is 26.8 Å². The second-order valence-corrected chi connectivity index (χ2v) is 5.34. The van der Waals surface area contributed by atoms with Crippen LogP contribution in [0.3, 0.4) is 0 Å². The number of aryl methyl sites for hydroxylation is 1. The molecule has 2 aromatic rings. The van der Waals surface area contributed by atoms with E-state index in [-0.39, 0.29) is 24.6 Å². The minimum atomic E-state index is -0.897. The summed E-state index contributed by atoms with van der Waals surface area (Å²) in [5, 5.41) is 15.5. The van der Waals surface area contributed by atoms with Gasteiger partial charge in [0, 0.05) is 11.9 Å². The quantitative estimate of drug-likeness (QED) is 0.859. The predicted molar refractivity (Wildman–Crippen MR) is 83.0 cm³/mol. The Hall–Kier alpha value is -2.63. The fourth-order valence-corrected chi connectivity index (χ4v) is 1.96. The molecule has 0 fully saturated rings. The van der Waals surface area contributed by atoms with Gasteiger partial charge in [0.1, 0.15) is 0 Å². The third-order valence-corrected chi connectivity index (χ3v) is 3.26. The number of nitrogens with zero attached hydrogens (tertiary/aromatic N) is 2.